The van der Waals surface area contributed by atoms with E-state index in [-0.39, 0.29) is 19.1 Å². The van der Waals surface area contributed by atoms with Gasteiger partial charge >= 0.3 is 18.2 Å². The third-order valence-electron chi connectivity index (χ3n) is 17.8. The van der Waals surface area contributed by atoms with E-state index in [2.05, 4.69) is 171 Å². The van der Waals surface area contributed by atoms with Crippen molar-refractivity contribution in [3.8, 4) is 0 Å². The minimum Gasteiger partial charge on any atom is -0.443 e. The topological polar surface area (TPSA) is 314 Å². The molecule has 10 aromatic rings. The average Bonchev–Trinajstić information content (AvgIpc) is 0.864. The Morgan fingerprint density at radius 1 is 0.362 bits per heavy atom. The second kappa shape index (κ2) is 42.8. The van der Waals surface area contributed by atoms with E-state index in [4.69, 9.17) is 39.1 Å². The van der Waals surface area contributed by atoms with Crippen molar-refractivity contribution in [1.82, 2.24) is 20.9 Å². The molecule has 0 unspecified atom stereocenters. The lowest BCUT2D eigenvalue weighted by molar-refractivity contribution is 0.0308. The third-order valence-corrected chi connectivity index (χ3v) is 17.8. The number of carbonyl (C=O) groups is 3. The minimum atomic E-state index is -0.715. The summed E-state index contributed by atoms with van der Waals surface area (Å²) in [6, 6.07) is 84.1. The fraction of sp³-hybridized carbons (Fsp3) is 0.276. The van der Waals surface area contributed by atoms with Crippen molar-refractivity contribution in [3.05, 3.63) is 310 Å². The normalized spacial score (nSPS) is 12.6. The number of imide groups is 1. The number of amides is 5. The van der Waals surface area contributed by atoms with Crippen LogP contribution in [0.5, 0.6) is 0 Å². The summed E-state index contributed by atoms with van der Waals surface area (Å²) in [7, 11) is 3.00. The van der Waals surface area contributed by atoms with Crippen molar-refractivity contribution in [2.75, 3.05) is 84.5 Å². The highest BCUT2D eigenvalue weighted by atomic mass is 16.6. The van der Waals surface area contributed by atoms with Gasteiger partial charge in [0.25, 0.3) is 0 Å². The Morgan fingerprint density at radius 3 is 0.914 bits per heavy atom. The summed E-state index contributed by atoms with van der Waals surface area (Å²) in [5.41, 5.74) is 61.3. The van der Waals surface area contributed by atoms with Crippen LogP contribution < -0.4 is 71.6 Å². The first-order valence-corrected chi connectivity index (χ1v) is 36.1. The molecule has 2 saturated heterocycles. The van der Waals surface area contributed by atoms with Gasteiger partial charge in [0.15, 0.2) is 0 Å². The molecule has 19 N–H and O–H groups in total. The lowest BCUT2D eigenvalue weighted by atomic mass is 9.82. The Morgan fingerprint density at radius 2 is 0.619 bits per heavy atom. The fourth-order valence-electron chi connectivity index (χ4n) is 12.1. The number of ether oxygens (including phenoxy) is 1. The molecule has 0 saturated carbocycles. The molecule has 0 radical (unpaired) electrons. The molecule has 5 amide bonds. The maximum atomic E-state index is 12.6. The van der Waals surface area contributed by atoms with Gasteiger partial charge in [0.2, 0.25) is 0 Å². The summed E-state index contributed by atoms with van der Waals surface area (Å²) >= 11 is 0. The Hall–Kier alpha value is -11.5. The van der Waals surface area contributed by atoms with Crippen LogP contribution in [-0.4, -0.2) is 68.9 Å². The van der Waals surface area contributed by atoms with Crippen molar-refractivity contribution in [3.63, 3.8) is 0 Å². The molecular weight excluding hydrogens is 1310 g/mol. The average molecular weight is 1420 g/mol. The summed E-state index contributed by atoms with van der Waals surface area (Å²) in [5, 5.41) is 8.31. The number of piperidine rings is 2. The number of carbonyl (C=O) groups excluding carboxylic acids is 3. The lowest BCUT2D eigenvalue weighted by Crippen LogP contribution is -2.45. The molecule has 0 atom stereocenters. The number of nitrogens with one attached hydrogen (secondary N) is 3. The number of urea groups is 2. The molecular formula is C87H110N14O4. The molecule has 0 bridgehead atoms. The maximum Gasteiger partial charge on any atom is 0.418 e. The standard InChI is InChI=1S/C27H24.C23H32N4.C20H26N4O3.C15H18N4O.2CH5N/c1-3-7-22(8-4-1)19-24-11-15-26(16-12-24)21-27-17-13-25(14-18-27)20-23-9-5-2-6-10-23;24-20-1-5-22(6-2-20)26-13-9-18(10-14-26)17-19-11-15-27(16-12-19)23-7-3-21(25)4-8-23;1-20(2,3)27-19(26)24(13-15-6-10-17(22)11-7-15)18(25)23-12-14-4-8-16(21)9-5-14;16-13-5-1-11(2-6-13)9-18-15(20)19-10-12-3-7-14(17)8-4-12;2*1-2/h1-18H,19-21H2;1-8,18-19H,9-17,24-25H2;4-11H,12-13,21-22H2,1-3H3,(H,23,25);1-8H,9-10,16-17H2,(H2,18,19,20);2*2H2,1H3. The zero-order chi connectivity index (χ0) is 75.4. The summed E-state index contributed by atoms with van der Waals surface area (Å²) in [6.07, 6.45) is 8.96. The summed E-state index contributed by atoms with van der Waals surface area (Å²) in [6.45, 7) is 11.2. The van der Waals surface area contributed by atoms with E-state index in [1.807, 2.05) is 84.9 Å². The van der Waals surface area contributed by atoms with Gasteiger partial charge in [-0.1, -0.05) is 158 Å². The van der Waals surface area contributed by atoms with Gasteiger partial charge in [0.1, 0.15) is 5.60 Å². The van der Waals surface area contributed by atoms with Gasteiger partial charge in [-0.05, 0) is 251 Å². The lowest BCUT2D eigenvalue weighted by Gasteiger charge is -2.38. The third kappa shape index (κ3) is 29.4. The SMILES string of the molecule is CC(C)(C)OC(=O)N(Cc1ccc(N)cc1)C(=O)NCc1ccc(N)cc1.CN.CN.Nc1ccc(CNC(=O)NCc2ccc(N)cc2)cc1.Nc1ccc(N2CCC(CC3CCN(c4ccc(N)cc4)CC3)CC2)cc1.c1ccc(Cc2ccc(Cc3ccc(Cc4ccccc4)cc3)cc2)cc1. The zero-order valence-corrected chi connectivity index (χ0v) is 61.8. The van der Waals surface area contributed by atoms with Crippen molar-refractivity contribution in [2.45, 2.75) is 104 Å². The van der Waals surface area contributed by atoms with E-state index in [0.29, 0.717) is 35.8 Å². The van der Waals surface area contributed by atoms with Gasteiger partial charge in [-0.3, -0.25) is 0 Å². The largest absolute Gasteiger partial charge is 0.443 e. The van der Waals surface area contributed by atoms with Gasteiger partial charge < -0.3 is 76.4 Å². The highest BCUT2D eigenvalue weighted by Gasteiger charge is 2.29. The highest BCUT2D eigenvalue weighted by Crippen LogP contribution is 2.33. The Bertz CT molecular complexity index is 3890. The van der Waals surface area contributed by atoms with Crippen LogP contribution in [0.3, 0.4) is 0 Å². The van der Waals surface area contributed by atoms with E-state index >= 15 is 0 Å². The van der Waals surface area contributed by atoms with Crippen LogP contribution in [-0.2, 0) is 50.2 Å². The quantitative estimate of drug-likeness (QED) is 0.0356. The molecule has 0 aromatic heterocycles. The molecule has 18 nitrogen and oxygen atoms in total. The molecule has 18 heteroatoms. The maximum absolute atomic E-state index is 12.6. The van der Waals surface area contributed by atoms with Crippen LogP contribution in [0, 0.1) is 11.8 Å². The monoisotopic (exact) mass is 1410 g/mol. The van der Waals surface area contributed by atoms with E-state index in [9.17, 15) is 14.4 Å². The number of hydrogen-bond donors (Lipinski definition) is 11. The smallest absolute Gasteiger partial charge is 0.418 e. The molecule has 10 aromatic carbocycles. The number of nitrogen functional groups attached to an aromatic ring is 6. The molecule has 2 heterocycles. The van der Waals surface area contributed by atoms with Crippen LogP contribution in [0.1, 0.15) is 109 Å². The Kier molecular flexibility index (Phi) is 33.0. The van der Waals surface area contributed by atoms with Crippen LogP contribution >= 0.6 is 0 Å². The molecule has 105 heavy (non-hydrogen) atoms. The fourth-order valence-corrected chi connectivity index (χ4v) is 12.1. The van der Waals surface area contributed by atoms with E-state index in [1.54, 1.807) is 57.2 Å². The van der Waals surface area contributed by atoms with Crippen molar-refractivity contribution in [1.29, 1.82) is 0 Å². The van der Waals surface area contributed by atoms with Gasteiger partial charge in [0, 0.05) is 91.3 Å². The van der Waals surface area contributed by atoms with E-state index in [1.165, 1.54) is 117 Å². The van der Waals surface area contributed by atoms with E-state index < -0.39 is 17.7 Å². The number of benzene rings is 10. The van der Waals surface area contributed by atoms with Crippen LogP contribution in [0.4, 0.5) is 59.9 Å². The van der Waals surface area contributed by atoms with Crippen LogP contribution in [0.25, 0.3) is 0 Å². The second-order valence-corrected chi connectivity index (χ2v) is 27.1. The molecule has 0 spiro atoms. The Balaban J connectivity index is 0.000000194. The zero-order valence-electron chi connectivity index (χ0n) is 61.8. The van der Waals surface area contributed by atoms with Crippen molar-refractivity contribution in [2.24, 2.45) is 23.3 Å². The summed E-state index contributed by atoms with van der Waals surface area (Å²) in [4.78, 5) is 42.9. The van der Waals surface area contributed by atoms with Gasteiger partial charge in [-0.25, -0.2) is 19.3 Å². The molecule has 0 aliphatic carbocycles. The van der Waals surface area contributed by atoms with Crippen molar-refractivity contribution >= 4 is 63.7 Å². The predicted octanol–water partition coefficient (Wildman–Crippen LogP) is 15.3. The number of nitrogens with two attached hydrogens (primary N) is 8. The summed E-state index contributed by atoms with van der Waals surface area (Å²) in [5.74, 6) is 1.78. The first kappa shape index (κ1) is 80.8. The molecule has 2 aliphatic heterocycles. The van der Waals surface area contributed by atoms with Crippen LogP contribution in [0.2, 0.25) is 0 Å². The van der Waals surface area contributed by atoms with Gasteiger partial charge in [-0.2, -0.15) is 0 Å². The number of rotatable bonds is 18. The van der Waals surface area contributed by atoms with Gasteiger partial charge in [-0.15, -0.1) is 0 Å². The first-order valence-electron chi connectivity index (χ1n) is 36.1. The van der Waals surface area contributed by atoms with Crippen molar-refractivity contribution < 1.29 is 19.1 Å². The molecule has 2 fully saturated rings. The molecule has 552 valence electrons. The number of hydrogen-bond acceptors (Lipinski definition) is 14. The number of nitrogens with zero attached hydrogens (tertiary/aromatic N) is 3. The highest BCUT2D eigenvalue weighted by molar-refractivity contribution is 5.91. The molecule has 12 rings (SSSR count). The predicted molar refractivity (Wildman–Crippen MR) is 437 cm³/mol. The van der Waals surface area contributed by atoms with Gasteiger partial charge in [0.05, 0.1) is 6.54 Å². The first-order chi connectivity index (χ1) is 50.8. The molecule has 2 aliphatic rings. The van der Waals surface area contributed by atoms with Crippen LogP contribution in [0.15, 0.2) is 255 Å². The number of anilines is 8. The minimum absolute atomic E-state index is 0.0722. The van der Waals surface area contributed by atoms with E-state index in [0.717, 1.165) is 69.6 Å². The summed E-state index contributed by atoms with van der Waals surface area (Å²) < 4.78 is 5.37. The Labute approximate surface area is 622 Å². The second-order valence-electron chi connectivity index (χ2n) is 27.1.